The molecule has 32 rings (SSSR count). The Bertz CT molecular complexity index is 11000. The summed E-state index contributed by atoms with van der Waals surface area (Å²) in [4.78, 5) is 41.2. The average molecular weight is 1910 g/mol. The zero-order valence-corrected chi connectivity index (χ0v) is 80.8. The molecule has 0 N–H and O–H groups in total. The molecule has 0 aliphatic carbocycles. The minimum Gasteiger partial charge on any atom is -0.309 e. The van der Waals surface area contributed by atoms with E-state index in [-0.39, 0.29) is 0 Å². The van der Waals surface area contributed by atoms with Crippen molar-refractivity contribution in [2.45, 2.75) is 0 Å². The van der Waals surface area contributed by atoms with Crippen LogP contribution in [-0.4, -0.2) is 67.3 Å². The van der Waals surface area contributed by atoms with Gasteiger partial charge in [0, 0.05) is 133 Å². The number of aromatic nitrogens is 14. The molecule has 0 aliphatic heterocycles. The molecule has 0 spiro atoms. The van der Waals surface area contributed by atoms with Crippen LogP contribution < -0.4 is 0 Å². The molecule has 0 saturated carbocycles. The maximum atomic E-state index is 5.30. The third-order valence-corrected chi connectivity index (χ3v) is 29.9. The second-order valence-corrected chi connectivity index (χ2v) is 38.5. The van der Waals surface area contributed by atoms with Crippen LogP contribution >= 0.6 is 0 Å². The summed E-state index contributed by atoms with van der Waals surface area (Å²) >= 11 is 0. The fraction of sp³-hybridized carbons (Fsp3) is 0. The highest BCUT2D eigenvalue weighted by atomic mass is 15.2. The molecular formula is C136H84N14. The van der Waals surface area contributed by atoms with Crippen molar-refractivity contribution < 1.29 is 0 Å². The highest BCUT2D eigenvalue weighted by Gasteiger charge is 2.28. The second kappa shape index (κ2) is 34.7. The van der Waals surface area contributed by atoms with E-state index in [2.05, 4.69) is 428 Å². The van der Waals surface area contributed by atoms with E-state index in [4.69, 9.17) is 39.9 Å². The third-order valence-electron chi connectivity index (χ3n) is 29.9. The smallest absolute Gasteiger partial charge is 0.235 e. The maximum absolute atomic E-state index is 5.30. The first kappa shape index (κ1) is 85.1. The number of hydrogen-bond donors (Lipinski definition) is 0. The molecule has 0 radical (unpaired) electrons. The zero-order chi connectivity index (χ0) is 98.5. The Kier molecular flexibility index (Phi) is 19.7. The first-order valence-electron chi connectivity index (χ1n) is 50.7. The molecule has 0 aliphatic rings. The molecule has 0 amide bonds. The van der Waals surface area contributed by atoms with Crippen molar-refractivity contribution in [3.63, 3.8) is 0 Å². The lowest BCUT2D eigenvalue weighted by Crippen LogP contribution is -2.03. The Labute approximate surface area is 858 Å². The van der Waals surface area contributed by atoms with Gasteiger partial charge in [0.25, 0.3) is 0 Å². The summed E-state index contributed by atoms with van der Waals surface area (Å²) in [5, 5.41) is 23.0. The summed E-state index contributed by atoms with van der Waals surface area (Å²) < 4.78 is 14.1. The van der Waals surface area contributed by atoms with Crippen molar-refractivity contribution in [1.82, 2.24) is 67.3 Å². The third kappa shape index (κ3) is 13.9. The van der Waals surface area contributed by atoms with Crippen molar-refractivity contribution in [2.75, 3.05) is 0 Å². The Morgan fingerprint density at radius 3 is 0.853 bits per heavy atom. The summed E-state index contributed by atoms with van der Waals surface area (Å²) in [5.41, 5.74) is 30.6. The first-order chi connectivity index (χ1) is 74.4. The highest BCUT2D eigenvalue weighted by molar-refractivity contribution is 6.26. The largest absolute Gasteiger partial charge is 0.309 e. The fourth-order valence-electron chi connectivity index (χ4n) is 23.1. The van der Waals surface area contributed by atoms with Gasteiger partial charge in [0.2, 0.25) is 5.95 Å². The van der Waals surface area contributed by atoms with E-state index in [0.717, 1.165) is 168 Å². The zero-order valence-electron chi connectivity index (χ0n) is 80.8. The Morgan fingerprint density at radius 2 is 0.433 bits per heavy atom. The van der Waals surface area contributed by atoms with Gasteiger partial charge in [-0.05, 0) is 197 Å². The van der Waals surface area contributed by atoms with E-state index in [0.29, 0.717) is 5.95 Å². The van der Waals surface area contributed by atoms with Crippen LogP contribution in [0, 0.1) is 0 Å². The van der Waals surface area contributed by atoms with Crippen LogP contribution in [0.2, 0.25) is 0 Å². The second-order valence-electron chi connectivity index (χ2n) is 38.5. The molecule has 14 heteroatoms. The molecule has 0 atom stereocenters. The molecule has 0 fully saturated rings. The van der Waals surface area contributed by atoms with E-state index < -0.39 is 0 Å². The number of benzene rings is 21. The summed E-state index contributed by atoms with van der Waals surface area (Å²) in [6, 6.07) is 176. The van der Waals surface area contributed by atoms with Gasteiger partial charge in [-0.3, -0.25) is 13.7 Å². The van der Waals surface area contributed by atoms with E-state index in [1.165, 1.54) is 114 Å². The quantitative estimate of drug-likeness (QED) is 0.125. The molecule has 0 unspecified atom stereocenters. The summed E-state index contributed by atoms with van der Waals surface area (Å²) in [6.45, 7) is 0. The van der Waals surface area contributed by atoms with Crippen LogP contribution in [0.3, 0.4) is 0 Å². The molecular weight excluding hydrogens is 1830 g/mol. The number of para-hydroxylation sites is 11. The van der Waals surface area contributed by atoms with Crippen molar-refractivity contribution in [3.8, 4) is 90.9 Å². The SMILES string of the molecule is c1ccc(-c2nc(-n3c4ccccc4c4cc5c6cc7ccccc7cc6n(-c6ccccc6)c5cc43)nc3ccccc23)cc1.c1ccc(-c2nc3ccccc3nc2-c2ccc(-n3c4ccccc4c4cc5c6cc7ccccc7cc6n(-c6ccccc6)c5cc43)nc2)cc1.c1ccc(-c2nc3ccccc3nc2-c2ccc(-n3c4ccccc4c4cc5c6ccc7ccccc7c6n(-c6ccccc6)c5cc43)nc2)cc1. The molecule has 11 heterocycles. The van der Waals surface area contributed by atoms with Crippen LogP contribution in [0.5, 0.6) is 0 Å². The van der Waals surface area contributed by atoms with E-state index in [1.807, 2.05) is 109 Å². The standard InChI is InChI=1S/2C47H29N5.C42H26N4/c1-3-14-31(15-4-1)45-46(50-40-21-11-10-20-39(40)49-45)32-24-26-44(48-29-32)52-41-22-12-9-19-35(41)37-27-38-36-25-23-30-13-7-8-18-34(30)47(36)51(42(38)28-43(37)52)33-16-5-2-6-17-33;1-3-13-30(14-4-1)46-47(50-40-21-11-10-20-39(40)49-46)33-23-24-45(48-29-33)52-41-22-12-9-19-35(41)37-27-38-36-25-31-15-7-8-16-32(31)26-42(36)51(43(38)28-44(37)52)34-17-5-2-6-18-34;1-3-13-27(14-4-1)41-32-20-9-11-21-36(32)43-42(44-41)46-37-22-12-10-19-31(37)34-25-35-33-23-28-15-7-8-16-29(28)24-38(33)45(39(35)26-40(34)46)30-17-5-2-6-18-30/h2*1-29H;1-26H. The molecule has 150 heavy (non-hydrogen) atoms. The van der Waals surface area contributed by atoms with Gasteiger partial charge in [-0.25, -0.2) is 39.9 Å². The van der Waals surface area contributed by atoms with Crippen molar-refractivity contribution >= 4 is 196 Å². The molecule has 32 aromatic rings. The monoisotopic (exact) mass is 1910 g/mol. The Balaban J connectivity index is 0.000000104. The van der Waals surface area contributed by atoms with E-state index >= 15 is 0 Å². The Morgan fingerprint density at radius 1 is 0.140 bits per heavy atom. The van der Waals surface area contributed by atoms with Gasteiger partial charge >= 0.3 is 0 Å². The predicted octanol–water partition coefficient (Wildman–Crippen LogP) is 34.1. The number of nitrogens with zero attached hydrogens (tertiary/aromatic N) is 14. The lowest BCUT2D eigenvalue weighted by molar-refractivity contribution is 1.01. The molecule has 11 aromatic heterocycles. The first-order valence-corrected chi connectivity index (χ1v) is 50.7. The summed E-state index contributed by atoms with van der Waals surface area (Å²) in [5.74, 6) is 2.35. The lowest BCUT2D eigenvalue weighted by atomic mass is 10.0. The van der Waals surface area contributed by atoms with Gasteiger partial charge < -0.3 is 13.7 Å². The molecule has 698 valence electrons. The van der Waals surface area contributed by atoms with E-state index in [9.17, 15) is 0 Å². The molecule has 14 nitrogen and oxygen atoms in total. The van der Waals surface area contributed by atoms with Crippen LogP contribution in [0.4, 0.5) is 0 Å². The Hall–Kier alpha value is -20.5. The van der Waals surface area contributed by atoms with Crippen LogP contribution in [0.25, 0.3) is 287 Å². The molecule has 0 saturated heterocycles. The average Bonchev–Trinajstić information content (AvgIpc) is 1.56. The number of rotatable bonds is 11. The van der Waals surface area contributed by atoms with Gasteiger partial charge in [0.1, 0.15) is 11.6 Å². The topological polar surface area (TPSA) is 133 Å². The lowest BCUT2D eigenvalue weighted by Gasteiger charge is -2.12. The number of hydrogen-bond acceptors (Lipinski definition) is 8. The van der Waals surface area contributed by atoms with Gasteiger partial charge in [-0.2, -0.15) is 0 Å². The van der Waals surface area contributed by atoms with Crippen molar-refractivity contribution in [1.29, 1.82) is 0 Å². The highest BCUT2D eigenvalue weighted by Crippen LogP contribution is 2.48. The van der Waals surface area contributed by atoms with Crippen LogP contribution in [0.15, 0.2) is 510 Å². The minimum absolute atomic E-state index is 0.663. The normalized spacial score (nSPS) is 11.9. The number of fused-ring (bicyclic) bond motifs is 25. The molecule has 21 aromatic carbocycles. The van der Waals surface area contributed by atoms with Crippen LogP contribution in [0.1, 0.15) is 0 Å². The van der Waals surface area contributed by atoms with Gasteiger partial charge in [0.05, 0.1) is 122 Å². The molecule has 0 bridgehead atoms. The van der Waals surface area contributed by atoms with Gasteiger partial charge in [-0.1, -0.05) is 328 Å². The van der Waals surface area contributed by atoms with Gasteiger partial charge in [-0.15, -0.1) is 0 Å². The fourth-order valence-corrected chi connectivity index (χ4v) is 23.1. The predicted molar refractivity (Wildman–Crippen MR) is 620 cm³/mol. The summed E-state index contributed by atoms with van der Waals surface area (Å²) in [7, 11) is 0. The van der Waals surface area contributed by atoms with Gasteiger partial charge in [0.15, 0.2) is 0 Å². The van der Waals surface area contributed by atoms with Crippen molar-refractivity contribution in [2.24, 2.45) is 0 Å². The minimum atomic E-state index is 0.663. The van der Waals surface area contributed by atoms with E-state index in [1.54, 1.807) is 0 Å². The maximum Gasteiger partial charge on any atom is 0.235 e. The van der Waals surface area contributed by atoms with Crippen LogP contribution in [-0.2, 0) is 0 Å². The summed E-state index contributed by atoms with van der Waals surface area (Å²) in [6.07, 6.45) is 3.87. The van der Waals surface area contributed by atoms with Crippen molar-refractivity contribution in [3.05, 3.63) is 510 Å². The number of pyridine rings is 2.